The van der Waals surface area contributed by atoms with E-state index in [0.29, 0.717) is 6.42 Å². The molecule has 0 saturated carbocycles. The standard InChI is InChI=1S/C22H21N5OS/c1-23-22-26-25-21(29-22)15-9-8-14-10-11-16(17(14)13-15)18-5-4-6-19(24-18)27-12-3-2-7-20(27)28/h4-6,8-9,11,13H,2-3,7,10,12H2,1H3,(H,23,26). The number of nitrogens with one attached hydrogen (secondary N) is 1. The molecule has 5 rings (SSSR count). The van der Waals surface area contributed by atoms with Crippen molar-refractivity contribution < 1.29 is 4.79 Å². The molecule has 0 bridgehead atoms. The van der Waals surface area contributed by atoms with E-state index in [1.807, 2.05) is 30.1 Å². The average molecular weight is 404 g/mol. The third-order valence-electron chi connectivity index (χ3n) is 5.42. The zero-order valence-electron chi connectivity index (χ0n) is 16.2. The molecular formula is C22H21N5OS. The summed E-state index contributed by atoms with van der Waals surface area (Å²) < 4.78 is 0. The van der Waals surface area contributed by atoms with Gasteiger partial charge in [-0.05, 0) is 48.6 Å². The van der Waals surface area contributed by atoms with E-state index in [1.54, 1.807) is 0 Å². The number of hydrogen-bond acceptors (Lipinski definition) is 6. The van der Waals surface area contributed by atoms with Crippen molar-refractivity contribution in [3.63, 3.8) is 0 Å². The van der Waals surface area contributed by atoms with Crippen molar-refractivity contribution in [1.29, 1.82) is 0 Å². The van der Waals surface area contributed by atoms with Crippen LogP contribution in [0.4, 0.5) is 10.9 Å². The Morgan fingerprint density at radius 1 is 1.14 bits per heavy atom. The van der Waals surface area contributed by atoms with Crippen LogP contribution in [0, 0.1) is 0 Å². The van der Waals surface area contributed by atoms with E-state index in [1.165, 1.54) is 22.5 Å². The van der Waals surface area contributed by atoms with Crippen molar-refractivity contribution in [2.45, 2.75) is 25.7 Å². The molecule has 3 aromatic rings. The van der Waals surface area contributed by atoms with Crippen molar-refractivity contribution in [2.24, 2.45) is 0 Å². The van der Waals surface area contributed by atoms with Crippen LogP contribution in [0.1, 0.15) is 36.1 Å². The largest absolute Gasteiger partial charge is 0.363 e. The first kappa shape index (κ1) is 18.0. The van der Waals surface area contributed by atoms with E-state index in [-0.39, 0.29) is 5.91 Å². The maximum atomic E-state index is 12.3. The second-order valence-electron chi connectivity index (χ2n) is 7.24. The highest BCUT2D eigenvalue weighted by molar-refractivity contribution is 7.18. The monoisotopic (exact) mass is 403 g/mol. The predicted octanol–water partition coefficient (Wildman–Crippen LogP) is 4.15. The van der Waals surface area contributed by atoms with Crippen LogP contribution in [0.25, 0.3) is 16.1 Å². The van der Waals surface area contributed by atoms with E-state index in [9.17, 15) is 4.79 Å². The molecule has 1 N–H and O–H groups in total. The number of nitrogens with zero attached hydrogens (tertiary/aromatic N) is 4. The molecule has 0 spiro atoms. The molecule has 29 heavy (non-hydrogen) atoms. The summed E-state index contributed by atoms with van der Waals surface area (Å²) in [6.07, 6.45) is 5.71. The molecule has 1 aliphatic heterocycles. The van der Waals surface area contributed by atoms with Crippen molar-refractivity contribution in [3.8, 4) is 10.6 Å². The molecule has 1 saturated heterocycles. The number of allylic oxidation sites excluding steroid dienone is 1. The highest BCUT2D eigenvalue weighted by Crippen LogP contribution is 2.36. The van der Waals surface area contributed by atoms with Crippen LogP contribution in [0.3, 0.4) is 0 Å². The fourth-order valence-corrected chi connectivity index (χ4v) is 4.61. The van der Waals surface area contributed by atoms with Gasteiger partial charge in [-0.3, -0.25) is 9.69 Å². The number of hydrogen-bond donors (Lipinski definition) is 1. The minimum absolute atomic E-state index is 0.167. The van der Waals surface area contributed by atoms with Crippen LogP contribution < -0.4 is 10.2 Å². The first-order chi connectivity index (χ1) is 14.2. The summed E-state index contributed by atoms with van der Waals surface area (Å²) >= 11 is 1.54. The molecule has 0 radical (unpaired) electrons. The van der Waals surface area contributed by atoms with Gasteiger partial charge in [-0.25, -0.2) is 4.98 Å². The van der Waals surface area contributed by atoms with Crippen LogP contribution in [0.5, 0.6) is 0 Å². The normalized spacial score (nSPS) is 16.0. The number of pyridine rings is 1. The summed E-state index contributed by atoms with van der Waals surface area (Å²) in [5.41, 5.74) is 5.54. The minimum atomic E-state index is 0.167. The molecule has 2 aliphatic rings. The Bertz CT molecular complexity index is 1120. The Kier molecular flexibility index (Phi) is 4.60. The van der Waals surface area contributed by atoms with Gasteiger partial charge in [0.25, 0.3) is 0 Å². The zero-order valence-corrected chi connectivity index (χ0v) is 17.0. The van der Waals surface area contributed by atoms with E-state index in [0.717, 1.165) is 58.6 Å². The number of amides is 1. The number of fused-ring (bicyclic) bond motifs is 1. The lowest BCUT2D eigenvalue weighted by molar-refractivity contribution is -0.119. The number of anilines is 2. The number of aromatic nitrogens is 3. The zero-order chi connectivity index (χ0) is 19.8. The number of carbonyl (C=O) groups excluding carboxylic acids is 1. The van der Waals surface area contributed by atoms with Gasteiger partial charge in [0, 0.05) is 31.1 Å². The van der Waals surface area contributed by atoms with E-state index >= 15 is 0 Å². The molecule has 7 heteroatoms. The number of benzene rings is 1. The molecule has 0 atom stereocenters. The van der Waals surface area contributed by atoms with Crippen molar-refractivity contribution >= 4 is 33.8 Å². The van der Waals surface area contributed by atoms with Crippen molar-refractivity contribution in [3.05, 3.63) is 59.3 Å². The van der Waals surface area contributed by atoms with Gasteiger partial charge >= 0.3 is 0 Å². The maximum Gasteiger partial charge on any atom is 0.228 e. The highest BCUT2D eigenvalue weighted by atomic mass is 32.1. The molecule has 146 valence electrons. The predicted molar refractivity (Wildman–Crippen MR) is 116 cm³/mol. The van der Waals surface area contributed by atoms with Crippen LogP contribution in [-0.4, -0.2) is 34.7 Å². The lowest BCUT2D eigenvalue weighted by atomic mass is 10.00. The third-order valence-corrected chi connectivity index (χ3v) is 6.41. The lowest BCUT2D eigenvalue weighted by Crippen LogP contribution is -2.35. The molecule has 1 fully saturated rings. The fourth-order valence-electron chi connectivity index (χ4n) is 3.92. The fraction of sp³-hybridized carbons (Fsp3) is 0.273. The number of carbonyl (C=O) groups is 1. The van der Waals surface area contributed by atoms with Gasteiger partial charge in [0.05, 0.1) is 5.69 Å². The topological polar surface area (TPSA) is 71.0 Å². The summed E-state index contributed by atoms with van der Waals surface area (Å²) in [5.74, 6) is 0.918. The molecule has 3 heterocycles. The SMILES string of the molecule is CNc1nnc(-c2ccc3c(c2)C(c2cccc(N4CCCCC4=O)n2)=CC3)s1. The van der Waals surface area contributed by atoms with Gasteiger partial charge in [0.15, 0.2) is 0 Å². The molecule has 2 aromatic heterocycles. The van der Waals surface area contributed by atoms with Gasteiger partial charge < -0.3 is 5.32 Å². The van der Waals surface area contributed by atoms with Gasteiger partial charge in [-0.15, -0.1) is 10.2 Å². The molecule has 1 amide bonds. The maximum absolute atomic E-state index is 12.3. The van der Waals surface area contributed by atoms with E-state index in [2.05, 4.69) is 39.8 Å². The quantitative estimate of drug-likeness (QED) is 0.709. The first-order valence-corrected chi connectivity index (χ1v) is 10.7. The van der Waals surface area contributed by atoms with E-state index < -0.39 is 0 Å². The Labute approximate surface area is 173 Å². The Balaban J connectivity index is 1.49. The smallest absolute Gasteiger partial charge is 0.228 e. The van der Waals surface area contributed by atoms with Gasteiger partial charge in [-0.2, -0.15) is 0 Å². The molecule has 1 aromatic carbocycles. The summed E-state index contributed by atoms with van der Waals surface area (Å²) in [5, 5.41) is 13.2. The Morgan fingerprint density at radius 3 is 2.90 bits per heavy atom. The lowest BCUT2D eigenvalue weighted by Gasteiger charge is -2.26. The molecule has 1 aliphatic carbocycles. The van der Waals surface area contributed by atoms with E-state index in [4.69, 9.17) is 4.98 Å². The second-order valence-corrected chi connectivity index (χ2v) is 8.22. The average Bonchev–Trinajstić information content (AvgIpc) is 3.41. The van der Waals surface area contributed by atoms with Crippen molar-refractivity contribution in [1.82, 2.24) is 15.2 Å². The summed E-state index contributed by atoms with van der Waals surface area (Å²) in [4.78, 5) is 19.0. The van der Waals surface area contributed by atoms with Gasteiger partial charge in [0.2, 0.25) is 11.0 Å². The summed E-state index contributed by atoms with van der Waals surface area (Å²) in [7, 11) is 1.85. The summed E-state index contributed by atoms with van der Waals surface area (Å²) in [6.45, 7) is 0.750. The third kappa shape index (κ3) is 3.31. The van der Waals surface area contributed by atoms with Crippen LogP contribution >= 0.6 is 11.3 Å². The molecule has 0 unspecified atom stereocenters. The molecular weight excluding hydrogens is 382 g/mol. The number of piperidine rings is 1. The van der Waals surface area contributed by atoms with Gasteiger partial charge in [0.1, 0.15) is 10.8 Å². The first-order valence-electron chi connectivity index (χ1n) is 9.86. The molecule has 6 nitrogen and oxygen atoms in total. The van der Waals surface area contributed by atoms with Crippen LogP contribution in [0.15, 0.2) is 42.5 Å². The summed E-state index contributed by atoms with van der Waals surface area (Å²) in [6, 6.07) is 12.4. The highest BCUT2D eigenvalue weighted by Gasteiger charge is 2.23. The van der Waals surface area contributed by atoms with Crippen LogP contribution in [-0.2, 0) is 11.2 Å². The Morgan fingerprint density at radius 2 is 2.07 bits per heavy atom. The second kappa shape index (κ2) is 7.40. The minimum Gasteiger partial charge on any atom is -0.363 e. The Hall–Kier alpha value is -3.06. The number of rotatable bonds is 4. The van der Waals surface area contributed by atoms with Gasteiger partial charge in [-0.1, -0.05) is 35.6 Å². The van der Waals surface area contributed by atoms with Crippen molar-refractivity contribution in [2.75, 3.05) is 23.8 Å². The van der Waals surface area contributed by atoms with Crippen LogP contribution in [0.2, 0.25) is 0 Å².